The number of hydrogen-bond donors (Lipinski definition) is 1. The predicted octanol–water partition coefficient (Wildman–Crippen LogP) is -0.654. The Labute approximate surface area is 102 Å². The minimum atomic E-state index is -1.93. The zero-order valence-corrected chi connectivity index (χ0v) is 10.4. The molecule has 1 aromatic rings. The maximum absolute atomic E-state index is 10.5. The van der Waals surface area contributed by atoms with Crippen LogP contribution in [0.15, 0.2) is 23.1 Å². The second kappa shape index (κ2) is 5.37. The van der Waals surface area contributed by atoms with Gasteiger partial charge in [-0.1, -0.05) is 17.7 Å². The van der Waals surface area contributed by atoms with Crippen LogP contribution >= 0.6 is 11.6 Å². The third-order valence-electron chi connectivity index (χ3n) is 1.34. The molecular formula is C7H8ClNaO2S. The average Bonchev–Trinajstić information content (AvgIpc) is 1.94. The Hall–Kier alpha value is 0.620. The van der Waals surface area contributed by atoms with E-state index in [2.05, 4.69) is 0 Å². The molecule has 0 bridgehead atoms. The SMILES string of the molecule is Cc1ccc(S(=O)O)cc1Cl.[H-].[Na+]. The Morgan fingerprint density at radius 1 is 1.58 bits per heavy atom. The molecule has 0 aliphatic rings. The molecule has 0 heterocycles. The molecule has 0 saturated heterocycles. The summed E-state index contributed by atoms with van der Waals surface area (Å²) in [4.78, 5) is 0.334. The van der Waals surface area contributed by atoms with Crippen molar-refractivity contribution in [1.82, 2.24) is 0 Å². The van der Waals surface area contributed by atoms with Gasteiger partial charge in [-0.25, -0.2) is 4.21 Å². The molecule has 0 aliphatic heterocycles. The molecule has 5 heteroatoms. The summed E-state index contributed by atoms with van der Waals surface area (Å²) in [5.74, 6) is 0. The smallest absolute Gasteiger partial charge is 1.00 e. The minimum absolute atomic E-state index is 0. The molecule has 0 radical (unpaired) electrons. The molecule has 0 aromatic heterocycles. The van der Waals surface area contributed by atoms with Gasteiger partial charge < -0.3 is 5.98 Å². The van der Waals surface area contributed by atoms with Crippen LogP contribution in [0.2, 0.25) is 5.02 Å². The van der Waals surface area contributed by atoms with Gasteiger partial charge >= 0.3 is 29.6 Å². The van der Waals surface area contributed by atoms with Crippen LogP contribution in [0.4, 0.5) is 0 Å². The summed E-state index contributed by atoms with van der Waals surface area (Å²) in [5, 5.41) is 0.518. The van der Waals surface area contributed by atoms with Crippen molar-refractivity contribution in [2.24, 2.45) is 0 Å². The number of rotatable bonds is 1. The van der Waals surface area contributed by atoms with Crippen LogP contribution in [0.3, 0.4) is 0 Å². The second-order valence-electron chi connectivity index (χ2n) is 2.16. The van der Waals surface area contributed by atoms with E-state index in [1.165, 1.54) is 6.07 Å². The third-order valence-corrected chi connectivity index (χ3v) is 2.41. The van der Waals surface area contributed by atoms with E-state index in [1.54, 1.807) is 12.1 Å². The molecule has 1 N–H and O–H groups in total. The van der Waals surface area contributed by atoms with E-state index in [0.717, 1.165) is 5.56 Å². The first-order valence-electron chi connectivity index (χ1n) is 2.98. The first-order chi connectivity index (χ1) is 5.11. The third kappa shape index (κ3) is 3.17. The van der Waals surface area contributed by atoms with E-state index in [1.807, 2.05) is 6.92 Å². The largest absolute Gasteiger partial charge is 1.00 e. The summed E-state index contributed by atoms with van der Waals surface area (Å²) < 4.78 is 19.2. The molecule has 2 nitrogen and oxygen atoms in total. The first-order valence-corrected chi connectivity index (χ1v) is 4.47. The Morgan fingerprint density at radius 3 is 2.58 bits per heavy atom. The number of aryl methyl sites for hydroxylation is 1. The molecule has 0 aliphatic carbocycles. The van der Waals surface area contributed by atoms with Crippen LogP contribution < -0.4 is 29.6 Å². The van der Waals surface area contributed by atoms with Crippen molar-refractivity contribution >= 4 is 22.7 Å². The van der Waals surface area contributed by atoms with E-state index in [-0.39, 0.29) is 31.0 Å². The molecule has 1 unspecified atom stereocenters. The van der Waals surface area contributed by atoms with E-state index < -0.39 is 11.1 Å². The van der Waals surface area contributed by atoms with Crippen molar-refractivity contribution in [2.75, 3.05) is 0 Å². The predicted molar refractivity (Wildman–Crippen MR) is 46.3 cm³/mol. The van der Waals surface area contributed by atoms with Crippen LogP contribution in [0.5, 0.6) is 0 Å². The fraction of sp³-hybridized carbons (Fsp3) is 0.143. The van der Waals surface area contributed by atoms with Gasteiger partial charge in [0.05, 0.1) is 4.90 Å². The molecule has 0 spiro atoms. The van der Waals surface area contributed by atoms with Crippen LogP contribution in [0.25, 0.3) is 0 Å². The van der Waals surface area contributed by atoms with Crippen molar-refractivity contribution in [3.63, 3.8) is 0 Å². The zero-order valence-electron chi connectivity index (χ0n) is 7.87. The summed E-state index contributed by atoms with van der Waals surface area (Å²) >= 11 is 3.78. The van der Waals surface area contributed by atoms with E-state index in [0.29, 0.717) is 9.92 Å². The standard InChI is InChI=1S/C7H7ClO2S.Na.H/c1-5-2-3-6(11(9)10)4-7(5)8;;/h2-4H,1H3,(H,9,10);;/q;+1;-1. The van der Waals surface area contributed by atoms with Gasteiger partial charge in [0.15, 0.2) is 11.1 Å². The fourth-order valence-corrected chi connectivity index (χ4v) is 1.33. The van der Waals surface area contributed by atoms with E-state index in [4.69, 9.17) is 16.2 Å². The van der Waals surface area contributed by atoms with Crippen molar-refractivity contribution in [1.29, 1.82) is 0 Å². The van der Waals surface area contributed by atoms with Gasteiger partial charge in [-0.2, -0.15) is 0 Å². The Bertz CT molecular complexity index is 309. The molecule has 0 saturated carbocycles. The van der Waals surface area contributed by atoms with Crippen LogP contribution in [0.1, 0.15) is 6.99 Å². The topological polar surface area (TPSA) is 37.3 Å². The molecule has 62 valence electrons. The van der Waals surface area contributed by atoms with E-state index >= 15 is 0 Å². The van der Waals surface area contributed by atoms with Crippen LogP contribution in [-0.4, -0.2) is 8.76 Å². The maximum atomic E-state index is 10.5. The maximum Gasteiger partial charge on any atom is 1.00 e. The molecule has 1 atom stereocenters. The summed E-state index contributed by atoms with van der Waals surface area (Å²) in [5.41, 5.74) is 0.904. The van der Waals surface area contributed by atoms with Gasteiger partial charge in [0, 0.05) is 5.02 Å². The van der Waals surface area contributed by atoms with E-state index in [9.17, 15) is 4.21 Å². The monoisotopic (exact) mass is 214 g/mol. The van der Waals surface area contributed by atoms with Crippen molar-refractivity contribution in [3.05, 3.63) is 28.8 Å². The number of hydrogen-bond acceptors (Lipinski definition) is 1. The fourth-order valence-electron chi connectivity index (χ4n) is 0.682. The van der Waals surface area contributed by atoms with Gasteiger partial charge in [0.1, 0.15) is 0 Å². The van der Waals surface area contributed by atoms with Crippen molar-refractivity contribution < 1.29 is 39.7 Å². The normalized spacial score (nSPS) is 11.9. The molecule has 12 heavy (non-hydrogen) atoms. The van der Waals surface area contributed by atoms with Gasteiger partial charge in [-0.05, 0) is 24.6 Å². The minimum Gasteiger partial charge on any atom is -1.00 e. The Morgan fingerprint density at radius 2 is 2.17 bits per heavy atom. The van der Waals surface area contributed by atoms with Gasteiger partial charge in [0.25, 0.3) is 0 Å². The molecule has 0 amide bonds. The quantitative estimate of drug-likeness (QED) is 0.498. The summed E-state index contributed by atoms with van der Waals surface area (Å²) in [6.45, 7) is 1.84. The Kier molecular flexibility index (Phi) is 5.65. The molecule has 1 rings (SSSR count). The Balaban J connectivity index is 0. The zero-order chi connectivity index (χ0) is 8.43. The van der Waals surface area contributed by atoms with Gasteiger partial charge in [0.2, 0.25) is 0 Å². The number of benzene rings is 1. The summed E-state index contributed by atoms with van der Waals surface area (Å²) in [7, 11) is 0. The van der Waals surface area contributed by atoms with Crippen LogP contribution in [0, 0.1) is 6.92 Å². The van der Waals surface area contributed by atoms with Crippen LogP contribution in [-0.2, 0) is 11.1 Å². The van der Waals surface area contributed by atoms with Crippen molar-refractivity contribution in [2.45, 2.75) is 11.8 Å². The molecular weight excluding hydrogens is 207 g/mol. The first kappa shape index (κ1) is 12.6. The van der Waals surface area contributed by atoms with Crippen molar-refractivity contribution in [3.8, 4) is 0 Å². The second-order valence-corrected chi connectivity index (χ2v) is 3.54. The molecule has 1 aromatic carbocycles. The number of halogens is 1. The molecule has 0 fully saturated rings. The van der Waals surface area contributed by atoms with Gasteiger partial charge in [-0.15, -0.1) is 0 Å². The summed E-state index contributed by atoms with van der Waals surface area (Å²) in [6, 6.07) is 4.79. The summed E-state index contributed by atoms with van der Waals surface area (Å²) in [6.07, 6.45) is 0. The van der Waals surface area contributed by atoms with Gasteiger partial charge in [-0.3, -0.25) is 0 Å². The average molecular weight is 215 g/mol.